The highest BCUT2D eigenvalue weighted by Crippen LogP contribution is 2.41. The van der Waals surface area contributed by atoms with Crippen LogP contribution in [0.15, 0.2) is 10.5 Å². The quantitative estimate of drug-likeness (QED) is 0.899. The Hall–Kier alpha value is -0.740. The highest BCUT2D eigenvalue weighted by Gasteiger charge is 2.21. The van der Waals surface area contributed by atoms with E-state index in [2.05, 4.69) is 34.2 Å². The molecule has 1 heterocycles. The minimum Gasteiger partial charge on any atom is -0.493 e. The van der Waals surface area contributed by atoms with Gasteiger partial charge in [-0.15, -0.1) is 0 Å². The lowest BCUT2D eigenvalue weighted by Gasteiger charge is -2.19. The fourth-order valence-electron chi connectivity index (χ4n) is 2.87. The molecule has 1 N–H and O–H groups in total. The molecular formula is C15H22BrNO2. The second-order valence-electron chi connectivity index (χ2n) is 4.91. The van der Waals surface area contributed by atoms with Crippen molar-refractivity contribution in [2.24, 2.45) is 0 Å². The number of benzene rings is 1. The molecule has 0 aromatic heterocycles. The normalized spacial score (nSPS) is 18.6. The highest BCUT2D eigenvalue weighted by atomic mass is 79.9. The van der Waals surface area contributed by atoms with Gasteiger partial charge in [0.2, 0.25) is 0 Å². The fraction of sp³-hybridized carbons (Fsp3) is 0.600. The standard InChI is InChI=1S/C15H22BrNO2/c1-4-12-10(8-11-6-5-7-17-11)9-13(16)15(19-3)14(12)18-2/h9,11,17H,4-8H2,1-3H3. The zero-order chi connectivity index (χ0) is 13.8. The molecule has 19 heavy (non-hydrogen) atoms. The molecule has 0 bridgehead atoms. The van der Waals surface area contributed by atoms with E-state index in [1.165, 1.54) is 24.0 Å². The molecular weight excluding hydrogens is 306 g/mol. The zero-order valence-electron chi connectivity index (χ0n) is 11.9. The number of halogens is 1. The van der Waals surface area contributed by atoms with Gasteiger partial charge in [0.15, 0.2) is 11.5 Å². The molecule has 4 heteroatoms. The Bertz CT molecular complexity index is 442. The molecule has 2 rings (SSSR count). The summed E-state index contributed by atoms with van der Waals surface area (Å²) in [5.41, 5.74) is 2.61. The molecule has 0 spiro atoms. The average molecular weight is 328 g/mol. The summed E-state index contributed by atoms with van der Waals surface area (Å²) in [5.74, 6) is 1.66. The lowest BCUT2D eigenvalue weighted by atomic mass is 9.96. The third kappa shape index (κ3) is 3.06. The van der Waals surface area contributed by atoms with E-state index in [9.17, 15) is 0 Å². The van der Waals surface area contributed by atoms with E-state index in [4.69, 9.17) is 9.47 Å². The monoisotopic (exact) mass is 327 g/mol. The Morgan fingerprint density at radius 1 is 1.32 bits per heavy atom. The predicted octanol–water partition coefficient (Wildman–Crippen LogP) is 3.32. The van der Waals surface area contributed by atoms with Crippen LogP contribution >= 0.6 is 15.9 Å². The first-order valence-electron chi connectivity index (χ1n) is 6.86. The zero-order valence-corrected chi connectivity index (χ0v) is 13.5. The van der Waals surface area contributed by atoms with Gasteiger partial charge < -0.3 is 14.8 Å². The van der Waals surface area contributed by atoms with Gasteiger partial charge in [-0.05, 0) is 59.8 Å². The first-order valence-corrected chi connectivity index (χ1v) is 7.66. The van der Waals surface area contributed by atoms with E-state index in [1.807, 2.05) is 0 Å². The molecule has 0 amide bonds. The Morgan fingerprint density at radius 2 is 2.05 bits per heavy atom. The summed E-state index contributed by atoms with van der Waals surface area (Å²) in [6.07, 6.45) is 4.55. The summed E-state index contributed by atoms with van der Waals surface area (Å²) in [5, 5.41) is 3.55. The molecule has 1 aromatic carbocycles. The first-order chi connectivity index (χ1) is 9.21. The van der Waals surface area contributed by atoms with Gasteiger partial charge in [0.1, 0.15) is 0 Å². The minimum atomic E-state index is 0.593. The fourth-order valence-corrected chi connectivity index (χ4v) is 3.49. The van der Waals surface area contributed by atoms with E-state index in [0.717, 1.165) is 35.4 Å². The van der Waals surface area contributed by atoms with Crippen LogP contribution in [0.3, 0.4) is 0 Å². The van der Waals surface area contributed by atoms with Crippen molar-refractivity contribution < 1.29 is 9.47 Å². The lowest BCUT2D eigenvalue weighted by Crippen LogP contribution is -2.24. The van der Waals surface area contributed by atoms with Gasteiger partial charge in [-0.3, -0.25) is 0 Å². The van der Waals surface area contributed by atoms with Crippen molar-refractivity contribution in [3.63, 3.8) is 0 Å². The SMILES string of the molecule is CCc1c(CC2CCCN2)cc(Br)c(OC)c1OC. The number of hydrogen-bond acceptors (Lipinski definition) is 3. The van der Waals surface area contributed by atoms with Crippen LogP contribution in [-0.4, -0.2) is 26.8 Å². The summed E-state index contributed by atoms with van der Waals surface area (Å²) in [4.78, 5) is 0. The minimum absolute atomic E-state index is 0.593. The molecule has 1 aliphatic heterocycles. The molecule has 0 aliphatic carbocycles. The van der Waals surface area contributed by atoms with E-state index in [1.54, 1.807) is 14.2 Å². The van der Waals surface area contributed by atoms with Crippen molar-refractivity contribution in [1.82, 2.24) is 5.32 Å². The number of nitrogens with one attached hydrogen (secondary N) is 1. The van der Waals surface area contributed by atoms with Crippen molar-refractivity contribution in [2.75, 3.05) is 20.8 Å². The van der Waals surface area contributed by atoms with Gasteiger partial charge in [-0.2, -0.15) is 0 Å². The Kier molecular flexibility index (Phi) is 5.11. The summed E-state index contributed by atoms with van der Waals surface area (Å²) >= 11 is 3.59. The summed E-state index contributed by atoms with van der Waals surface area (Å²) in [6, 6.07) is 2.77. The third-order valence-electron chi connectivity index (χ3n) is 3.78. The van der Waals surface area contributed by atoms with Crippen molar-refractivity contribution in [3.05, 3.63) is 21.7 Å². The van der Waals surface area contributed by atoms with Crippen LogP contribution in [0, 0.1) is 0 Å². The van der Waals surface area contributed by atoms with Crippen LogP contribution in [0.1, 0.15) is 30.9 Å². The van der Waals surface area contributed by atoms with Gasteiger partial charge in [-0.1, -0.05) is 6.92 Å². The van der Waals surface area contributed by atoms with Gasteiger partial charge in [0, 0.05) is 11.6 Å². The van der Waals surface area contributed by atoms with E-state index in [0.29, 0.717) is 6.04 Å². The molecule has 106 valence electrons. The number of methoxy groups -OCH3 is 2. The van der Waals surface area contributed by atoms with Crippen molar-refractivity contribution >= 4 is 15.9 Å². The Labute approximate surface area is 123 Å². The topological polar surface area (TPSA) is 30.5 Å². The Morgan fingerprint density at radius 3 is 2.58 bits per heavy atom. The van der Waals surface area contributed by atoms with E-state index in [-0.39, 0.29) is 0 Å². The smallest absolute Gasteiger partial charge is 0.175 e. The molecule has 3 nitrogen and oxygen atoms in total. The van der Waals surface area contributed by atoms with Gasteiger partial charge >= 0.3 is 0 Å². The first kappa shape index (κ1) is 14.7. The van der Waals surface area contributed by atoms with E-state index >= 15 is 0 Å². The van der Waals surface area contributed by atoms with Crippen LogP contribution in [0.5, 0.6) is 11.5 Å². The van der Waals surface area contributed by atoms with E-state index < -0.39 is 0 Å². The maximum absolute atomic E-state index is 5.57. The van der Waals surface area contributed by atoms with Crippen LogP contribution in [0.25, 0.3) is 0 Å². The van der Waals surface area contributed by atoms with Crippen LogP contribution in [-0.2, 0) is 12.8 Å². The summed E-state index contributed by atoms with van der Waals surface area (Å²) in [7, 11) is 3.39. The maximum atomic E-state index is 5.57. The second kappa shape index (κ2) is 6.62. The summed E-state index contributed by atoms with van der Waals surface area (Å²) in [6.45, 7) is 3.30. The number of rotatable bonds is 5. The molecule has 1 fully saturated rings. The predicted molar refractivity (Wildman–Crippen MR) is 81.4 cm³/mol. The molecule has 1 unspecified atom stereocenters. The average Bonchev–Trinajstić information content (AvgIpc) is 2.90. The highest BCUT2D eigenvalue weighted by molar-refractivity contribution is 9.10. The van der Waals surface area contributed by atoms with Gasteiger partial charge in [0.05, 0.1) is 18.7 Å². The van der Waals surface area contributed by atoms with Crippen molar-refractivity contribution in [3.8, 4) is 11.5 Å². The molecule has 0 saturated carbocycles. The van der Waals surface area contributed by atoms with Crippen LogP contribution < -0.4 is 14.8 Å². The maximum Gasteiger partial charge on any atom is 0.175 e. The molecule has 0 radical (unpaired) electrons. The molecule has 1 atom stereocenters. The molecule has 1 saturated heterocycles. The largest absolute Gasteiger partial charge is 0.493 e. The third-order valence-corrected chi connectivity index (χ3v) is 4.37. The van der Waals surface area contributed by atoms with Crippen molar-refractivity contribution in [1.29, 1.82) is 0 Å². The van der Waals surface area contributed by atoms with Gasteiger partial charge in [-0.25, -0.2) is 0 Å². The Balaban J connectivity index is 2.38. The molecule has 1 aliphatic rings. The number of hydrogen-bond donors (Lipinski definition) is 1. The molecule has 1 aromatic rings. The lowest BCUT2D eigenvalue weighted by molar-refractivity contribution is 0.349. The summed E-state index contributed by atoms with van der Waals surface area (Å²) < 4.78 is 12.0. The second-order valence-corrected chi connectivity index (χ2v) is 5.77. The number of ether oxygens (including phenoxy) is 2. The van der Waals surface area contributed by atoms with Crippen molar-refractivity contribution in [2.45, 2.75) is 38.6 Å². The van der Waals surface area contributed by atoms with Crippen LogP contribution in [0.4, 0.5) is 0 Å². The van der Waals surface area contributed by atoms with Gasteiger partial charge in [0.25, 0.3) is 0 Å². The van der Waals surface area contributed by atoms with Crippen LogP contribution in [0.2, 0.25) is 0 Å².